The highest BCUT2D eigenvalue weighted by atomic mass is 16.5. The van der Waals surface area contributed by atoms with Gasteiger partial charge in [-0.15, -0.1) is 0 Å². The van der Waals surface area contributed by atoms with Crippen molar-refractivity contribution in [3.05, 3.63) is 0 Å². The van der Waals surface area contributed by atoms with E-state index >= 15 is 0 Å². The molecule has 0 aromatic heterocycles. The van der Waals surface area contributed by atoms with Gasteiger partial charge in [0.05, 0.1) is 6.61 Å². The van der Waals surface area contributed by atoms with Crippen LogP contribution in [0.2, 0.25) is 0 Å². The summed E-state index contributed by atoms with van der Waals surface area (Å²) >= 11 is 0. The van der Waals surface area contributed by atoms with E-state index in [0.717, 1.165) is 6.54 Å². The van der Waals surface area contributed by atoms with E-state index < -0.39 is 0 Å². The molecule has 0 aliphatic heterocycles. The fraction of sp³-hybridized carbons (Fsp3) is 0.923. The summed E-state index contributed by atoms with van der Waals surface area (Å²) in [5.41, 5.74) is 0. The smallest absolute Gasteiger partial charge is 0.221 e. The molecule has 4 heteroatoms. The fourth-order valence-electron chi connectivity index (χ4n) is 2.25. The van der Waals surface area contributed by atoms with E-state index in [-0.39, 0.29) is 5.91 Å². The molecule has 1 amide bonds. The summed E-state index contributed by atoms with van der Waals surface area (Å²) in [5.74, 6) is 0.114. The van der Waals surface area contributed by atoms with E-state index in [4.69, 9.17) is 4.74 Å². The molecule has 17 heavy (non-hydrogen) atoms. The minimum Gasteiger partial charge on any atom is -0.383 e. The Bertz CT molecular complexity index is 202. The number of ether oxygens (including phenoxy) is 1. The van der Waals surface area contributed by atoms with Crippen LogP contribution in [0.5, 0.6) is 0 Å². The van der Waals surface area contributed by atoms with E-state index in [9.17, 15) is 4.79 Å². The quantitative estimate of drug-likeness (QED) is 0.525. The van der Waals surface area contributed by atoms with Crippen molar-refractivity contribution in [1.29, 1.82) is 0 Å². The molecule has 2 N–H and O–H groups in total. The van der Waals surface area contributed by atoms with Gasteiger partial charge in [0.2, 0.25) is 5.91 Å². The summed E-state index contributed by atoms with van der Waals surface area (Å²) in [6.07, 6.45) is 8.51. The lowest BCUT2D eigenvalue weighted by Gasteiger charge is -2.15. The maximum absolute atomic E-state index is 11.4. The van der Waals surface area contributed by atoms with Crippen LogP contribution in [-0.4, -0.2) is 38.8 Å². The first kappa shape index (κ1) is 14.5. The molecule has 0 atom stereocenters. The van der Waals surface area contributed by atoms with Crippen LogP contribution < -0.4 is 10.6 Å². The first-order chi connectivity index (χ1) is 8.33. The predicted octanol–water partition coefficient (Wildman–Crippen LogP) is 1.45. The van der Waals surface area contributed by atoms with Gasteiger partial charge in [0, 0.05) is 32.7 Å². The van der Waals surface area contributed by atoms with Gasteiger partial charge in [0.1, 0.15) is 0 Å². The third-order valence-electron chi connectivity index (χ3n) is 3.27. The standard InChI is InChI=1S/C13H26N2O2/c1-17-11-10-15-13(16)8-9-14-12-6-4-2-3-5-7-12/h12,14H,2-11H2,1H3,(H,15,16). The van der Waals surface area contributed by atoms with Crippen LogP contribution in [0.4, 0.5) is 0 Å². The Labute approximate surface area is 104 Å². The molecule has 100 valence electrons. The number of amides is 1. The minimum absolute atomic E-state index is 0.114. The van der Waals surface area contributed by atoms with Crippen LogP contribution in [0.25, 0.3) is 0 Å². The second kappa shape index (κ2) is 9.42. The predicted molar refractivity (Wildman–Crippen MR) is 69.0 cm³/mol. The van der Waals surface area contributed by atoms with Crippen LogP contribution in [-0.2, 0) is 9.53 Å². The van der Waals surface area contributed by atoms with E-state index in [1.807, 2.05) is 0 Å². The average molecular weight is 242 g/mol. The summed E-state index contributed by atoms with van der Waals surface area (Å²) in [6, 6.07) is 0.629. The SMILES string of the molecule is COCCNC(=O)CCNC1CCCCCC1. The highest BCUT2D eigenvalue weighted by Gasteiger charge is 2.11. The lowest BCUT2D eigenvalue weighted by molar-refractivity contribution is -0.121. The molecule has 0 heterocycles. The third-order valence-corrected chi connectivity index (χ3v) is 3.27. The van der Waals surface area contributed by atoms with E-state index in [1.165, 1.54) is 38.5 Å². The van der Waals surface area contributed by atoms with Crippen molar-refractivity contribution in [2.45, 2.75) is 51.0 Å². The van der Waals surface area contributed by atoms with Crippen LogP contribution in [0.1, 0.15) is 44.9 Å². The van der Waals surface area contributed by atoms with Crippen molar-refractivity contribution in [3.63, 3.8) is 0 Å². The normalized spacial score (nSPS) is 17.7. The molecular formula is C13H26N2O2. The number of methoxy groups -OCH3 is 1. The average Bonchev–Trinajstić information content (AvgIpc) is 2.58. The molecular weight excluding hydrogens is 216 g/mol. The Morgan fingerprint density at radius 3 is 2.53 bits per heavy atom. The maximum Gasteiger partial charge on any atom is 0.221 e. The van der Waals surface area contributed by atoms with E-state index in [2.05, 4.69) is 10.6 Å². The van der Waals surface area contributed by atoms with Crippen LogP contribution >= 0.6 is 0 Å². The third kappa shape index (κ3) is 7.34. The number of hydrogen-bond donors (Lipinski definition) is 2. The van der Waals surface area contributed by atoms with Gasteiger partial charge in [-0.2, -0.15) is 0 Å². The van der Waals surface area contributed by atoms with Gasteiger partial charge in [-0.05, 0) is 12.8 Å². The first-order valence-electron chi connectivity index (χ1n) is 6.82. The molecule has 0 aromatic rings. The number of nitrogens with one attached hydrogen (secondary N) is 2. The van der Waals surface area contributed by atoms with Crippen molar-refractivity contribution in [3.8, 4) is 0 Å². The topological polar surface area (TPSA) is 50.4 Å². The Balaban J connectivity index is 1.99. The van der Waals surface area contributed by atoms with Crippen LogP contribution in [0.3, 0.4) is 0 Å². The minimum atomic E-state index is 0.114. The van der Waals surface area contributed by atoms with Crippen molar-refractivity contribution in [2.24, 2.45) is 0 Å². The molecule has 0 unspecified atom stereocenters. The Morgan fingerprint density at radius 2 is 1.88 bits per heavy atom. The zero-order chi connectivity index (χ0) is 12.3. The van der Waals surface area contributed by atoms with Gasteiger partial charge in [-0.1, -0.05) is 25.7 Å². The molecule has 0 saturated heterocycles. The molecule has 1 saturated carbocycles. The first-order valence-corrected chi connectivity index (χ1v) is 6.82. The molecule has 0 radical (unpaired) electrons. The molecule has 1 rings (SSSR count). The Kier molecular flexibility index (Phi) is 8.01. The Morgan fingerprint density at radius 1 is 1.18 bits per heavy atom. The lowest BCUT2D eigenvalue weighted by atomic mass is 10.1. The second-order valence-electron chi connectivity index (χ2n) is 4.74. The van der Waals surface area contributed by atoms with Crippen molar-refractivity contribution in [2.75, 3.05) is 26.8 Å². The molecule has 4 nitrogen and oxygen atoms in total. The van der Waals surface area contributed by atoms with Gasteiger partial charge >= 0.3 is 0 Å². The number of rotatable bonds is 7. The molecule has 1 fully saturated rings. The molecule has 1 aliphatic carbocycles. The van der Waals surface area contributed by atoms with Gasteiger partial charge in [-0.3, -0.25) is 4.79 Å². The van der Waals surface area contributed by atoms with Gasteiger partial charge < -0.3 is 15.4 Å². The van der Waals surface area contributed by atoms with Crippen molar-refractivity contribution >= 4 is 5.91 Å². The molecule has 0 aromatic carbocycles. The van der Waals surface area contributed by atoms with E-state index in [0.29, 0.717) is 25.6 Å². The number of carbonyl (C=O) groups is 1. The lowest BCUT2D eigenvalue weighted by Crippen LogP contribution is -2.34. The monoisotopic (exact) mass is 242 g/mol. The highest BCUT2D eigenvalue weighted by molar-refractivity contribution is 5.76. The van der Waals surface area contributed by atoms with E-state index in [1.54, 1.807) is 7.11 Å². The maximum atomic E-state index is 11.4. The second-order valence-corrected chi connectivity index (χ2v) is 4.74. The zero-order valence-electron chi connectivity index (χ0n) is 11.0. The van der Waals surface area contributed by atoms with Crippen LogP contribution in [0, 0.1) is 0 Å². The molecule has 0 bridgehead atoms. The van der Waals surface area contributed by atoms with Gasteiger partial charge in [-0.25, -0.2) is 0 Å². The van der Waals surface area contributed by atoms with Gasteiger partial charge in [0.15, 0.2) is 0 Å². The van der Waals surface area contributed by atoms with Crippen molar-refractivity contribution in [1.82, 2.24) is 10.6 Å². The summed E-state index contributed by atoms with van der Waals surface area (Å²) in [5, 5.41) is 6.32. The molecule has 1 aliphatic rings. The summed E-state index contributed by atoms with van der Waals surface area (Å²) in [7, 11) is 1.64. The fourth-order valence-corrected chi connectivity index (χ4v) is 2.25. The molecule has 0 spiro atoms. The summed E-state index contributed by atoms with van der Waals surface area (Å²) in [6.45, 7) is 1.99. The van der Waals surface area contributed by atoms with Gasteiger partial charge in [0.25, 0.3) is 0 Å². The Hall–Kier alpha value is -0.610. The summed E-state index contributed by atoms with van der Waals surface area (Å²) in [4.78, 5) is 11.4. The highest BCUT2D eigenvalue weighted by Crippen LogP contribution is 2.16. The zero-order valence-corrected chi connectivity index (χ0v) is 11.0. The number of carbonyl (C=O) groups excluding carboxylic acids is 1. The number of hydrogen-bond acceptors (Lipinski definition) is 3. The van der Waals surface area contributed by atoms with Crippen molar-refractivity contribution < 1.29 is 9.53 Å². The largest absolute Gasteiger partial charge is 0.383 e. The summed E-state index contributed by atoms with van der Waals surface area (Å²) < 4.78 is 4.88. The van der Waals surface area contributed by atoms with Crippen LogP contribution in [0.15, 0.2) is 0 Å².